The first-order chi connectivity index (χ1) is 9.74. The van der Waals surface area contributed by atoms with Crippen LogP contribution in [0.4, 0.5) is 10.5 Å². The molecule has 0 aromatic heterocycles. The second-order valence-corrected chi connectivity index (χ2v) is 5.29. The number of carbonyl (C=O) groups is 1. The van der Waals surface area contributed by atoms with Crippen LogP contribution in [-0.2, 0) is 4.74 Å². The summed E-state index contributed by atoms with van der Waals surface area (Å²) in [6.07, 6.45) is 2.27. The molecule has 2 aliphatic heterocycles. The number of ether oxygens (including phenoxy) is 2. The summed E-state index contributed by atoms with van der Waals surface area (Å²) in [5.41, 5.74) is 1.97. The van der Waals surface area contributed by atoms with Gasteiger partial charge in [-0.3, -0.25) is 4.90 Å². The van der Waals surface area contributed by atoms with Crippen molar-refractivity contribution >= 4 is 11.7 Å². The van der Waals surface area contributed by atoms with E-state index in [-0.39, 0.29) is 12.1 Å². The van der Waals surface area contributed by atoms with Crippen molar-refractivity contribution in [3.05, 3.63) is 23.8 Å². The number of rotatable bonds is 2. The second-order valence-electron chi connectivity index (χ2n) is 5.29. The van der Waals surface area contributed by atoms with Gasteiger partial charge in [-0.2, -0.15) is 0 Å². The van der Waals surface area contributed by atoms with Crippen molar-refractivity contribution in [3.63, 3.8) is 0 Å². The number of nitrogens with one attached hydrogen (secondary N) is 1. The van der Waals surface area contributed by atoms with Gasteiger partial charge in [0.2, 0.25) is 0 Å². The standard InChI is InChI=1S/C15H20N2O3/c1-11-4-5-14-13(9-11)17(6-8-20-14)15(18)16-10-12-3-2-7-19-12/h4-5,9,12H,2-3,6-8,10H2,1H3,(H,16,18). The van der Waals surface area contributed by atoms with Gasteiger partial charge in [-0.25, -0.2) is 4.79 Å². The van der Waals surface area contributed by atoms with E-state index in [1.807, 2.05) is 25.1 Å². The van der Waals surface area contributed by atoms with E-state index in [1.165, 1.54) is 0 Å². The van der Waals surface area contributed by atoms with E-state index in [0.29, 0.717) is 19.7 Å². The zero-order chi connectivity index (χ0) is 13.9. The van der Waals surface area contributed by atoms with Crippen LogP contribution in [0.1, 0.15) is 18.4 Å². The molecule has 108 valence electrons. The van der Waals surface area contributed by atoms with Gasteiger partial charge in [0, 0.05) is 13.2 Å². The Balaban J connectivity index is 1.68. The molecule has 2 heterocycles. The van der Waals surface area contributed by atoms with Gasteiger partial charge in [0.05, 0.1) is 18.3 Å². The molecule has 0 saturated carbocycles. The van der Waals surface area contributed by atoms with Crippen molar-refractivity contribution in [1.29, 1.82) is 0 Å². The summed E-state index contributed by atoms with van der Waals surface area (Å²) in [4.78, 5) is 14.1. The van der Waals surface area contributed by atoms with Crippen LogP contribution in [0.15, 0.2) is 18.2 Å². The maximum atomic E-state index is 12.3. The summed E-state index contributed by atoms with van der Waals surface area (Å²) in [5.74, 6) is 0.772. The molecule has 0 bridgehead atoms. The van der Waals surface area contributed by atoms with Crippen LogP contribution in [0.25, 0.3) is 0 Å². The number of nitrogens with zero attached hydrogens (tertiary/aromatic N) is 1. The Bertz CT molecular complexity index is 498. The second kappa shape index (κ2) is 5.71. The molecule has 0 radical (unpaired) electrons. The molecule has 5 heteroatoms. The SMILES string of the molecule is Cc1ccc2c(c1)N(C(=O)NCC1CCCO1)CCO2. The summed E-state index contributed by atoms with van der Waals surface area (Å²) in [7, 11) is 0. The van der Waals surface area contributed by atoms with Crippen LogP contribution < -0.4 is 15.0 Å². The molecule has 0 aliphatic carbocycles. The number of anilines is 1. The molecule has 0 spiro atoms. The van der Waals surface area contributed by atoms with Crippen LogP contribution in [0.3, 0.4) is 0 Å². The number of carbonyl (C=O) groups excluding carboxylic acids is 1. The van der Waals surface area contributed by atoms with Gasteiger partial charge in [-0.1, -0.05) is 6.07 Å². The first-order valence-corrected chi connectivity index (χ1v) is 7.14. The molecule has 20 heavy (non-hydrogen) atoms. The van der Waals surface area contributed by atoms with Gasteiger partial charge < -0.3 is 14.8 Å². The van der Waals surface area contributed by atoms with E-state index in [2.05, 4.69) is 5.32 Å². The van der Waals surface area contributed by atoms with Crippen molar-refractivity contribution in [1.82, 2.24) is 5.32 Å². The molecule has 1 aromatic carbocycles. The Hall–Kier alpha value is -1.75. The molecule has 1 unspecified atom stereocenters. The Morgan fingerprint density at radius 1 is 1.45 bits per heavy atom. The third-order valence-corrected chi connectivity index (χ3v) is 3.73. The lowest BCUT2D eigenvalue weighted by atomic mass is 10.1. The molecular formula is C15H20N2O3. The maximum Gasteiger partial charge on any atom is 0.322 e. The highest BCUT2D eigenvalue weighted by Crippen LogP contribution is 2.32. The summed E-state index contributed by atoms with van der Waals surface area (Å²) in [6, 6.07) is 5.83. The Kier molecular flexibility index (Phi) is 3.78. The predicted octanol–water partition coefficient (Wildman–Crippen LogP) is 2.08. The van der Waals surface area contributed by atoms with E-state index in [9.17, 15) is 4.79 Å². The number of aryl methyl sites for hydroxylation is 1. The average molecular weight is 276 g/mol. The summed E-state index contributed by atoms with van der Waals surface area (Å²) >= 11 is 0. The topological polar surface area (TPSA) is 50.8 Å². The fourth-order valence-corrected chi connectivity index (χ4v) is 2.64. The fourth-order valence-electron chi connectivity index (χ4n) is 2.64. The van der Waals surface area contributed by atoms with Crippen molar-refractivity contribution in [2.75, 3.05) is 31.2 Å². The minimum absolute atomic E-state index is 0.0735. The number of hydrogen-bond acceptors (Lipinski definition) is 3. The lowest BCUT2D eigenvalue weighted by Gasteiger charge is -2.30. The van der Waals surface area contributed by atoms with E-state index in [1.54, 1.807) is 4.90 Å². The van der Waals surface area contributed by atoms with Crippen molar-refractivity contribution in [3.8, 4) is 5.75 Å². The zero-order valence-corrected chi connectivity index (χ0v) is 11.7. The first kappa shape index (κ1) is 13.2. The predicted molar refractivity (Wildman–Crippen MR) is 76.4 cm³/mol. The molecule has 1 atom stereocenters. The molecule has 3 rings (SSSR count). The Morgan fingerprint density at radius 2 is 2.35 bits per heavy atom. The number of fused-ring (bicyclic) bond motifs is 1. The van der Waals surface area contributed by atoms with Gasteiger partial charge in [0.1, 0.15) is 12.4 Å². The third kappa shape index (κ3) is 2.72. The van der Waals surface area contributed by atoms with Gasteiger partial charge in [-0.05, 0) is 37.5 Å². The Labute approximate surface area is 118 Å². The summed E-state index contributed by atoms with van der Waals surface area (Å²) < 4.78 is 11.1. The highest BCUT2D eigenvalue weighted by Gasteiger charge is 2.25. The lowest BCUT2D eigenvalue weighted by Crippen LogP contribution is -2.46. The van der Waals surface area contributed by atoms with Crippen molar-refractivity contribution in [2.45, 2.75) is 25.9 Å². The van der Waals surface area contributed by atoms with E-state index >= 15 is 0 Å². The Morgan fingerprint density at radius 3 is 3.15 bits per heavy atom. The van der Waals surface area contributed by atoms with Crippen LogP contribution in [0.2, 0.25) is 0 Å². The molecule has 1 saturated heterocycles. The third-order valence-electron chi connectivity index (χ3n) is 3.73. The monoisotopic (exact) mass is 276 g/mol. The molecule has 2 aliphatic rings. The maximum absolute atomic E-state index is 12.3. The number of benzene rings is 1. The molecule has 5 nitrogen and oxygen atoms in total. The van der Waals surface area contributed by atoms with Crippen LogP contribution in [0, 0.1) is 6.92 Å². The zero-order valence-electron chi connectivity index (χ0n) is 11.7. The van der Waals surface area contributed by atoms with Crippen LogP contribution >= 0.6 is 0 Å². The van der Waals surface area contributed by atoms with Crippen molar-refractivity contribution < 1.29 is 14.3 Å². The average Bonchev–Trinajstić information content (AvgIpc) is 2.97. The molecule has 1 aromatic rings. The molecule has 2 amide bonds. The van der Waals surface area contributed by atoms with Gasteiger partial charge in [-0.15, -0.1) is 0 Å². The smallest absolute Gasteiger partial charge is 0.322 e. The van der Waals surface area contributed by atoms with Gasteiger partial charge in [0.15, 0.2) is 0 Å². The van der Waals surface area contributed by atoms with E-state index in [0.717, 1.165) is 36.4 Å². The number of hydrogen-bond donors (Lipinski definition) is 1. The minimum Gasteiger partial charge on any atom is -0.490 e. The first-order valence-electron chi connectivity index (χ1n) is 7.14. The summed E-state index contributed by atoms with van der Waals surface area (Å²) in [5, 5.41) is 2.96. The highest BCUT2D eigenvalue weighted by atomic mass is 16.5. The highest BCUT2D eigenvalue weighted by molar-refractivity contribution is 5.94. The number of urea groups is 1. The normalized spacial score (nSPS) is 21.2. The van der Waals surface area contributed by atoms with E-state index in [4.69, 9.17) is 9.47 Å². The van der Waals surface area contributed by atoms with Gasteiger partial charge >= 0.3 is 6.03 Å². The van der Waals surface area contributed by atoms with Crippen molar-refractivity contribution in [2.24, 2.45) is 0 Å². The number of amides is 2. The molecule has 1 fully saturated rings. The summed E-state index contributed by atoms with van der Waals surface area (Å²) in [6.45, 7) is 4.51. The minimum atomic E-state index is -0.0735. The fraction of sp³-hybridized carbons (Fsp3) is 0.533. The molecule has 1 N–H and O–H groups in total. The largest absolute Gasteiger partial charge is 0.490 e. The van der Waals surface area contributed by atoms with E-state index < -0.39 is 0 Å². The molecular weight excluding hydrogens is 256 g/mol. The quantitative estimate of drug-likeness (QED) is 0.899. The van der Waals surface area contributed by atoms with Gasteiger partial charge in [0.25, 0.3) is 0 Å². The van der Waals surface area contributed by atoms with Crippen LogP contribution in [0.5, 0.6) is 5.75 Å². The van der Waals surface area contributed by atoms with Crippen LogP contribution in [-0.4, -0.2) is 38.4 Å². The lowest BCUT2D eigenvalue weighted by molar-refractivity contribution is 0.111.